The molecule has 0 spiro atoms. The van der Waals surface area contributed by atoms with Gasteiger partial charge < -0.3 is 19.9 Å². The lowest BCUT2D eigenvalue weighted by Gasteiger charge is -2.12. The van der Waals surface area contributed by atoms with Crippen LogP contribution < -0.4 is 10.6 Å². The monoisotopic (exact) mass is 254 g/mol. The second-order valence-electron chi connectivity index (χ2n) is 3.80. The van der Waals surface area contributed by atoms with Crippen molar-refractivity contribution < 1.29 is 14.3 Å². The van der Waals surface area contributed by atoms with Crippen molar-refractivity contribution in [3.63, 3.8) is 0 Å². The van der Waals surface area contributed by atoms with Crippen LogP contribution in [0.25, 0.3) is 0 Å². The van der Waals surface area contributed by atoms with E-state index in [1.165, 1.54) is 7.11 Å². The first kappa shape index (κ1) is 14.0. The molecule has 100 valence electrons. The van der Waals surface area contributed by atoms with Gasteiger partial charge in [-0.15, -0.1) is 0 Å². The Hall–Kier alpha value is -2.05. The van der Waals surface area contributed by atoms with Crippen molar-refractivity contribution in [1.82, 2.24) is 20.2 Å². The second-order valence-corrected chi connectivity index (χ2v) is 3.80. The van der Waals surface area contributed by atoms with E-state index in [1.54, 1.807) is 19.4 Å². The summed E-state index contributed by atoms with van der Waals surface area (Å²) in [5, 5.41) is 5.14. The fourth-order valence-electron chi connectivity index (χ4n) is 1.37. The average molecular weight is 254 g/mol. The number of imidazole rings is 1. The Morgan fingerprint density at radius 2 is 2.28 bits per heavy atom. The van der Waals surface area contributed by atoms with E-state index in [1.807, 2.05) is 10.8 Å². The summed E-state index contributed by atoms with van der Waals surface area (Å²) in [5.74, 6) is -0.469. The lowest BCUT2D eigenvalue weighted by atomic mass is 10.3. The van der Waals surface area contributed by atoms with E-state index < -0.39 is 12.0 Å². The molecule has 0 aliphatic heterocycles. The zero-order valence-electron chi connectivity index (χ0n) is 10.5. The van der Waals surface area contributed by atoms with Crippen LogP contribution in [0.15, 0.2) is 18.7 Å². The molecule has 7 nitrogen and oxygen atoms in total. The largest absolute Gasteiger partial charge is 0.467 e. The SMILES string of the molecule is COC(=O)C(C)NC(=O)NCCCn1ccnc1. The molecule has 1 atom stereocenters. The van der Waals surface area contributed by atoms with Crippen LogP contribution in [-0.2, 0) is 16.1 Å². The average Bonchev–Trinajstić information content (AvgIpc) is 2.86. The maximum atomic E-state index is 11.4. The molecule has 1 aromatic heterocycles. The van der Waals surface area contributed by atoms with Gasteiger partial charge in [0.1, 0.15) is 6.04 Å². The minimum atomic E-state index is -0.649. The van der Waals surface area contributed by atoms with Gasteiger partial charge in [0.25, 0.3) is 0 Å². The molecule has 0 aromatic carbocycles. The number of nitrogens with zero attached hydrogens (tertiary/aromatic N) is 2. The Balaban J connectivity index is 2.11. The predicted molar refractivity (Wildman–Crippen MR) is 64.9 cm³/mol. The second kappa shape index (κ2) is 7.31. The van der Waals surface area contributed by atoms with E-state index in [9.17, 15) is 9.59 Å². The minimum Gasteiger partial charge on any atom is -0.467 e. The Bertz CT molecular complexity index is 378. The number of ether oxygens (including phenoxy) is 1. The molecule has 18 heavy (non-hydrogen) atoms. The highest BCUT2D eigenvalue weighted by molar-refractivity contribution is 5.83. The summed E-state index contributed by atoms with van der Waals surface area (Å²) in [6, 6.07) is -1.03. The Labute approximate surface area is 106 Å². The number of hydrogen-bond acceptors (Lipinski definition) is 4. The van der Waals surface area contributed by atoms with Gasteiger partial charge in [-0.1, -0.05) is 0 Å². The van der Waals surface area contributed by atoms with Crippen molar-refractivity contribution >= 4 is 12.0 Å². The minimum absolute atomic E-state index is 0.376. The van der Waals surface area contributed by atoms with E-state index >= 15 is 0 Å². The van der Waals surface area contributed by atoms with Gasteiger partial charge in [-0.3, -0.25) is 0 Å². The highest BCUT2D eigenvalue weighted by atomic mass is 16.5. The summed E-state index contributed by atoms with van der Waals surface area (Å²) >= 11 is 0. The first-order valence-electron chi connectivity index (χ1n) is 5.71. The third kappa shape index (κ3) is 4.86. The van der Waals surface area contributed by atoms with E-state index in [-0.39, 0.29) is 6.03 Å². The number of aryl methyl sites for hydroxylation is 1. The molecule has 1 unspecified atom stereocenters. The van der Waals surface area contributed by atoms with Crippen molar-refractivity contribution in [2.75, 3.05) is 13.7 Å². The van der Waals surface area contributed by atoms with Crippen LogP contribution in [0.4, 0.5) is 4.79 Å². The van der Waals surface area contributed by atoms with Gasteiger partial charge in [0.05, 0.1) is 13.4 Å². The predicted octanol–water partition coefficient (Wildman–Crippen LogP) is 0.134. The van der Waals surface area contributed by atoms with E-state index in [0.29, 0.717) is 6.54 Å². The molecule has 2 N–H and O–H groups in total. The number of amides is 2. The Morgan fingerprint density at radius 3 is 2.89 bits per heavy atom. The molecule has 0 aliphatic rings. The number of carbonyl (C=O) groups excluding carboxylic acids is 2. The summed E-state index contributed by atoms with van der Waals surface area (Å²) in [5.41, 5.74) is 0. The molecule has 7 heteroatoms. The number of carbonyl (C=O) groups is 2. The molecule has 0 fully saturated rings. The Kier molecular flexibility index (Phi) is 5.69. The maximum Gasteiger partial charge on any atom is 0.328 e. The smallest absolute Gasteiger partial charge is 0.328 e. The lowest BCUT2D eigenvalue weighted by Crippen LogP contribution is -2.45. The molecular weight excluding hydrogens is 236 g/mol. The summed E-state index contributed by atoms with van der Waals surface area (Å²) < 4.78 is 6.42. The number of nitrogens with one attached hydrogen (secondary N) is 2. The molecular formula is C11H18N4O3. The van der Waals surface area contributed by atoms with Gasteiger partial charge in [-0.2, -0.15) is 0 Å². The van der Waals surface area contributed by atoms with E-state index in [4.69, 9.17) is 0 Å². The molecule has 2 amide bonds. The number of esters is 1. The van der Waals surface area contributed by atoms with Crippen LogP contribution in [0.1, 0.15) is 13.3 Å². The quantitative estimate of drug-likeness (QED) is 0.558. The molecule has 1 heterocycles. The van der Waals surface area contributed by atoms with Crippen LogP contribution in [0.2, 0.25) is 0 Å². The third-order valence-corrected chi connectivity index (χ3v) is 2.34. The first-order chi connectivity index (χ1) is 8.63. The number of hydrogen-bond donors (Lipinski definition) is 2. The summed E-state index contributed by atoms with van der Waals surface area (Å²) in [7, 11) is 1.28. The fraction of sp³-hybridized carbons (Fsp3) is 0.545. The molecule has 0 aliphatic carbocycles. The van der Waals surface area contributed by atoms with Crippen LogP contribution in [-0.4, -0.2) is 41.2 Å². The van der Waals surface area contributed by atoms with E-state index in [2.05, 4.69) is 20.4 Å². The van der Waals surface area contributed by atoms with Crippen LogP contribution in [0.3, 0.4) is 0 Å². The third-order valence-electron chi connectivity index (χ3n) is 2.34. The van der Waals surface area contributed by atoms with Gasteiger partial charge in [0, 0.05) is 25.5 Å². The number of aromatic nitrogens is 2. The number of methoxy groups -OCH3 is 1. The molecule has 0 saturated carbocycles. The van der Waals surface area contributed by atoms with Gasteiger partial charge >= 0.3 is 12.0 Å². The molecule has 0 bridgehead atoms. The standard InChI is InChI=1S/C11H18N4O3/c1-9(10(16)18-2)14-11(17)13-4-3-6-15-7-5-12-8-15/h5,7-9H,3-4,6H2,1-2H3,(H2,13,14,17). The first-order valence-corrected chi connectivity index (χ1v) is 5.71. The summed E-state index contributed by atoms with van der Waals surface area (Å²) in [6.45, 7) is 2.88. The van der Waals surface area contributed by atoms with Crippen molar-refractivity contribution in [3.05, 3.63) is 18.7 Å². The molecule has 1 rings (SSSR count). The van der Waals surface area contributed by atoms with Crippen molar-refractivity contribution in [1.29, 1.82) is 0 Å². The van der Waals surface area contributed by atoms with Gasteiger partial charge in [-0.25, -0.2) is 14.6 Å². The number of rotatable bonds is 6. The van der Waals surface area contributed by atoms with Crippen LogP contribution in [0, 0.1) is 0 Å². The highest BCUT2D eigenvalue weighted by Crippen LogP contribution is 1.89. The highest BCUT2D eigenvalue weighted by Gasteiger charge is 2.14. The van der Waals surface area contributed by atoms with Gasteiger partial charge in [0.2, 0.25) is 0 Å². The van der Waals surface area contributed by atoms with Crippen molar-refractivity contribution in [2.45, 2.75) is 25.9 Å². The zero-order valence-corrected chi connectivity index (χ0v) is 10.5. The maximum absolute atomic E-state index is 11.4. The lowest BCUT2D eigenvalue weighted by molar-refractivity contribution is -0.142. The topological polar surface area (TPSA) is 85.2 Å². The van der Waals surface area contributed by atoms with Gasteiger partial charge in [-0.05, 0) is 13.3 Å². The van der Waals surface area contributed by atoms with Crippen LogP contribution in [0.5, 0.6) is 0 Å². The van der Waals surface area contributed by atoms with Crippen molar-refractivity contribution in [3.8, 4) is 0 Å². The Morgan fingerprint density at radius 1 is 1.50 bits per heavy atom. The summed E-state index contributed by atoms with van der Waals surface area (Å²) in [6.07, 6.45) is 6.08. The number of urea groups is 1. The molecule has 0 saturated heterocycles. The normalized spacial score (nSPS) is 11.7. The van der Waals surface area contributed by atoms with E-state index in [0.717, 1.165) is 13.0 Å². The fourth-order valence-corrected chi connectivity index (χ4v) is 1.37. The van der Waals surface area contributed by atoms with Crippen LogP contribution >= 0.6 is 0 Å². The van der Waals surface area contributed by atoms with Crippen molar-refractivity contribution in [2.24, 2.45) is 0 Å². The summed E-state index contributed by atoms with van der Waals surface area (Å²) in [4.78, 5) is 26.4. The molecule has 1 aromatic rings. The van der Waals surface area contributed by atoms with Gasteiger partial charge in [0.15, 0.2) is 0 Å². The zero-order chi connectivity index (χ0) is 13.4. The molecule has 0 radical (unpaired) electrons.